The van der Waals surface area contributed by atoms with E-state index in [4.69, 9.17) is 16.0 Å². The van der Waals surface area contributed by atoms with Crippen molar-refractivity contribution in [1.82, 2.24) is 0 Å². The molecule has 0 fully saturated rings. The lowest BCUT2D eigenvalue weighted by Crippen LogP contribution is -2.09. The third kappa shape index (κ3) is 2.78. The first-order valence-electron chi connectivity index (χ1n) is 6.05. The Morgan fingerprint density at radius 3 is 2.14 bits per heavy atom. The molecule has 5 nitrogen and oxygen atoms in total. The van der Waals surface area contributed by atoms with E-state index >= 15 is 0 Å². The molecule has 6 heteroatoms. The summed E-state index contributed by atoms with van der Waals surface area (Å²) in [4.78, 5) is 23.5. The van der Waals surface area contributed by atoms with E-state index in [9.17, 15) is 9.59 Å². The highest BCUT2D eigenvalue weighted by molar-refractivity contribution is 6.36. The van der Waals surface area contributed by atoms with Crippen molar-refractivity contribution in [3.05, 3.63) is 46.2 Å². The summed E-state index contributed by atoms with van der Waals surface area (Å²) in [5.74, 6) is -1.61. The van der Waals surface area contributed by atoms with Crippen LogP contribution >= 0.6 is 11.6 Å². The zero-order valence-corrected chi connectivity index (χ0v) is 12.5. The van der Waals surface area contributed by atoms with Gasteiger partial charge in [-0.2, -0.15) is 0 Å². The Kier molecular flexibility index (Phi) is 4.33. The van der Waals surface area contributed by atoms with Gasteiger partial charge in [0.25, 0.3) is 0 Å². The molecule has 0 radical (unpaired) electrons. The number of hydrogen-bond acceptors (Lipinski definition) is 5. The number of methoxy groups -OCH3 is 2. The van der Waals surface area contributed by atoms with Crippen LogP contribution in [-0.2, 0) is 9.47 Å². The first kappa shape index (κ1) is 15.1. The van der Waals surface area contributed by atoms with Crippen LogP contribution in [0.1, 0.15) is 26.5 Å². The van der Waals surface area contributed by atoms with Gasteiger partial charge in [-0.1, -0.05) is 41.4 Å². The van der Waals surface area contributed by atoms with Gasteiger partial charge in [-0.05, 0) is 6.92 Å². The van der Waals surface area contributed by atoms with Crippen molar-refractivity contribution in [3.8, 4) is 11.3 Å². The summed E-state index contributed by atoms with van der Waals surface area (Å²) in [7, 11) is 2.38. The van der Waals surface area contributed by atoms with Crippen molar-refractivity contribution in [2.75, 3.05) is 14.2 Å². The minimum atomic E-state index is -0.796. The van der Waals surface area contributed by atoms with Gasteiger partial charge in [0.15, 0.2) is 5.76 Å². The minimum Gasteiger partial charge on any atom is -0.465 e. The molecule has 1 aromatic heterocycles. The van der Waals surface area contributed by atoms with Crippen LogP contribution in [0.5, 0.6) is 0 Å². The molecule has 0 unspecified atom stereocenters. The molecule has 0 bridgehead atoms. The molecular formula is C15H13ClO5. The molecule has 1 aromatic carbocycles. The number of hydrogen-bond donors (Lipinski definition) is 0. The monoisotopic (exact) mass is 308 g/mol. The predicted molar refractivity (Wildman–Crippen MR) is 76.6 cm³/mol. The molecule has 0 saturated heterocycles. The van der Waals surface area contributed by atoms with Crippen LogP contribution in [0.15, 0.2) is 28.7 Å². The van der Waals surface area contributed by atoms with E-state index in [1.54, 1.807) is 12.1 Å². The van der Waals surface area contributed by atoms with Gasteiger partial charge in [0.2, 0.25) is 5.76 Å². The fourth-order valence-corrected chi connectivity index (χ4v) is 2.13. The van der Waals surface area contributed by atoms with Crippen LogP contribution in [-0.4, -0.2) is 26.2 Å². The lowest BCUT2D eigenvalue weighted by atomic mass is 10.1. The Balaban J connectivity index is 2.63. The van der Waals surface area contributed by atoms with E-state index in [1.165, 1.54) is 14.2 Å². The van der Waals surface area contributed by atoms with Crippen LogP contribution in [0.3, 0.4) is 0 Å². The van der Waals surface area contributed by atoms with Crippen molar-refractivity contribution in [2.45, 2.75) is 6.92 Å². The molecule has 2 aromatic rings. The molecule has 1 heterocycles. The second-order valence-corrected chi connectivity index (χ2v) is 4.68. The highest BCUT2D eigenvalue weighted by atomic mass is 35.5. The first-order chi connectivity index (χ1) is 9.99. The number of halogens is 1. The molecule has 21 heavy (non-hydrogen) atoms. The predicted octanol–water partition coefficient (Wildman–Crippen LogP) is 3.48. The molecular weight excluding hydrogens is 296 g/mol. The number of carbonyl (C=O) groups is 2. The molecule has 110 valence electrons. The molecule has 0 N–H and O–H groups in total. The van der Waals surface area contributed by atoms with Crippen molar-refractivity contribution < 1.29 is 23.5 Å². The Bertz CT molecular complexity index is 685. The highest BCUT2D eigenvalue weighted by Crippen LogP contribution is 2.36. The SMILES string of the molecule is COC(=O)c1oc(-c2ccc(C)cc2)c(Cl)c1C(=O)OC. The average Bonchev–Trinajstić information content (AvgIpc) is 2.84. The fraction of sp³-hybridized carbons (Fsp3) is 0.200. The van der Waals surface area contributed by atoms with Crippen molar-refractivity contribution >= 4 is 23.5 Å². The lowest BCUT2D eigenvalue weighted by molar-refractivity contribution is 0.0529. The number of benzene rings is 1. The Labute approximate surface area is 126 Å². The number of rotatable bonds is 3. The highest BCUT2D eigenvalue weighted by Gasteiger charge is 2.30. The summed E-state index contributed by atoms with van der Waals surface area (Å²) in [5.41, 5.74) is 1.57. The van der Waals surface area contributed by atoms with Gasteiger partial charge in [-0.25, -0.2) is 9.59 Å². The smallest absolute Gasteiger partial charge is 0.374 e. The summed E-state index contributed by atoms with van der Waals surface area (Å²) < 4.78 is 14.7. The van der Waals surface area contributed by atoms with Crippen LogP contribution < -0.4 is 0 Å². The number of aryl methyl sites for hydroxylation is 1. The molecule has 2 rings (SSSR count). The molecule has 0 amide bonds. The first-order valence-corrected chi connectivity index (χ1v) is 6.43. The molecule has 0 aliphatic heterocycles. The number of furan rings is 1. The van der Waals surface area contributed by atoms with Gasteiger partial charge >= 0.3 is 11.9 Å². The number of carbonyl (C=O) groups excluding carboxylic acids is 2. The summed E-state index contributed by atoms with van der Waals surface area (Å²) in [6.07, 6.45) is 0. The van der Waals surface area contributed by atoms with Crippen LogP contribution in [0.4, 0.5) is 0 Å². The summed E-state index contributed by atoms with van der Waals surface area (Å²) in [6.45, 7) is 1.94. The van der Waals surface area contributed by atoms with E-state index < -0.39 is 11.9 Å². The maximum atomic E-state index is 11.8. The van der Waals surface area contributed by atoms with E-state index in [1.807, 2.05) is 19.1 Å². The Morgan fingerprint density at radius 1 is 1.05 bits per heavy atom. The second-order valence-electron chi connectivity index (χ2n) is 4.30. The topological polar surface area (TPSA) is 65.7 Å². The van der Waals surface area contributed by atoms with E-state index in [0.717, 1.165) is 5.56 Å². The third-order valence-electron chi connectivity index (χ3n) is 2.92. The summed E-state index contributed by atoms with van der Waals surface area (Å²) in [6, 6.07) is 7.29. The molecule has 0 atom stereocenters. The van der Waals surface area contributed by atoms with E-state index in [0.29, 0.717) is 5.56 Å². The van der Waals surface area contributed by atoms with Crippen LogP contribution in [0, 0.1) is 6.92 Å². The molecule has 0 aliphatic rings. The third-order valence-corrected chi connectivity index (χ3v) is 3.28. The molecule has 0 saturated carbocycles. The largest absolute Gasteiger partial charge is 0.465 e. The minimum absolute atomic E-state index is 0.0195. The van der Waals surface area contributed by atoms with Gasteiger partial charge in [0.1, 0.15) is 10.6 Å². The van der Waals surface area contributed by atoms with Gasteiger partial charge in [0, 0.05) is 5.56 Å². The number of ether oxygens (including phenoxy) is 2. The van der Waals surface area contributed by atoms with Crippen molar-refractivity contribution in [1.29, 1.82) is 0 Å². The van der Waals surface area contributed by atoms with Gasteiger partial charge in [0.05, 0.1) is 14.2 Å². The second kappa shape index (κ2) is 6.01. The van der Waals surface area contributed by atoms with Gasteiger partial charge in [-0.3, -0.25) is 0 Å². The average molecular weight is 309 g/mol. The quantitative estimate of drug-likeness (QED) is 0.812. The van der Waals surface area contributed by atoms with Crippen molar-refractivity contribution in [2.24, 2.45) is 0 Å². The Morgan fingerprint density at radius 2 is 1.62 bits per heavy atom. The standard InChI is InChI=1S/C15H13ClO5/c1-8-4-6-9(7-5-8)12-11(16)10(14(17)19-2)13(21-12)15(18)20-3/h4-7H,1-3H3. The normalized spacial score (nSPS) is 10.3. The Hall–Kier alpha value is -2.27. The van der Waals surface area contributed by atoms with Crippen molar-refractivity contribution in [3.63, 3.8) is 0 Å². The van der Waals surface area contributed by atoms with Crippen LogP contribution in [0.2, 0.25) is 5.02 Å². The lowest BCUT2D eigenvalue weighted by Gasteiger charge is -1.99. The number of esters is 2. The molecule has 0 spiro atoms. The van der Waals surface area contributed by atoms with Crippen LogP contribution in [0.25, 0.3) is 11.3 Å². The van der Waals surface area contributed by atoms with E-state index in [-0.39, 0.29) is 22.1 Å². The molecule has 0 aliphatic carbocycles. The van der Waals surface area contributed by atoms with E-state index in [2.05, 4.69) is 9.47 Å². The van der Waals surface area contributed by atoms with Gasteiger partial charge in [-0.15, -0.1) is 0 Å². The maximum absolute atomic E-state index is 11.8. The summed E-state index contributed by atoms with van der Waals surface area (Å²) in [5, 5.41) is 0.0195. The maximum Gasteiger partial charge on any atom is 0.374 e. The fourth-order valence-electron chi connectivity index (χ4n) is 1.82. The van der Waals surface area contributed by atoms with Gasteiger partial charge < -0.3 is 13.9 Å². The zero-order valence-electron chi connectivity index (χ0n) is 11.7. The summed E-state index contributed by atoms with van der Waals surface area (Å²) >= 11 is 6.18. The zero-order chi connectivity index (χ0) is 15.6.